The predicted molar refractivity (Wildman–Crippen MR) is 80.1 cm³/mol. The summed E-state index contributed by atoms with van der Waals surface area (Å²) in [5.41, 5.74) is 2.94. The van der Waals surface area contributed by atoms with Crippen LogP contribution in [0, 0.1) is 0 Å². The number of hydrogen-bond acceptors (Lipinski definition) is 2. The van der Waals surface area contributed by atoms with E-state index in [1.165, 1.54) is 28.4 Å². The van der Waals surface area contributed by atoms with Gasteiger partial charge in [0.2, 0.25) is 0 Å². The van der Waals surface area contributed by atoms with Gasteiger partial charge in [-0.05, 0) is 43.0 Å². The first-order chi connectivity index (χ1) is 9.34. The van der Waals surface area contributed by atoms with Gasteiger partial charge in [-0.15, -0.1) is 0 Å². The average molecular weight is 320 g/mol. The molecule has 100 valence electrons. The molecule has 1 heterocycles. The van der Waals surface area contributed by atoms with E-state index in [4.69, 9.17) is 0 Å². The van der Waals surface area contributed by atoms with Gasteiger partial charge in [0, 0.05) is 29.3 Å². The molecule has 0 fully saturated rings. The molecule has 1 aromatic heterocycles. The third-order valence-electron chi connectivity index (χ3n) is 3.75. The minimum absolute atomic E-state index is 0.518. The zero-order valence-electron chi connectivity index (χ0n) is 10.8. The Morgan fingerprint density at radius 1 is 1.42 bits per heavy atom. The molecule has 3 rings (SSSR count). The minimum atomic E-state index is 0.518. The second kappa shape index (κ2) is 5.88. The van der Waals surface area contributed by atoms with Crippen LogP contribution < -0.4 is 5.32 Å². The minimum Gasteiger partial charge on any atom is -0.349 e. The van der Waals surface area contributed by atoms with E-state index in [1.807, 2.05) is 12.4 Å². The van der Waals surface area contributed by atoms with E-state index in [9.17, 15) is 0 Å². The zero-order chi connectivity index (χ0) is 13.1. The maximum atomic E-state index is 4.24. The topological polar surface area (TPSA) is 40.7 Å². The number of fused-ring (bicyclic) bond motifs is 1. The Kier molecular flexibility index (Phi) is 3.99. The smallest absolute Gasteiger partial charge is 0.106 e. The molecule has 0 spiro atoms. The molecule has 1 aliphatic carbocycles. The first-order valence-electron chi connectivity index (χ1n) is 6.83. The first kappa shape index (κ1) is 12.9. The second-order valence-electron chi connectivity index (χ2n) is 4.99. The van der Waals surface area contributed by atoms with Crippen molar-refractivity contribution in [1.29, 1.82) is 0 Å². The molecule has 1 unspecified atom stereocenters. The normalized spacial score (nSPS) is 17.6. The summed E-state index contributed by atoms with van der Waals surface area (Å²) in [6, 6.07) is 7.03. The van der Waals surface area contributed by atoms with Gasteiger partial charge >= 0.3 is 0 Å². The molecule has 19 heavy (non-hydrogen) atoms. The average Bonchev–Trinajstić information content (AvgIpc) is 3.05. The fourth-order valence-corrected chi connectivity index (χ4v) is 3.37. The van der Waals surface area contributed by atoms with Crippen molar-refractivity contribution in [2.45, 2.75) is 31.7 Å². The highest BCUT2D eigenvalue weighted by Crippen LogP contribution is 2.35. The van der Waals surface area contributed by atoms with Crippen molar-refractivity contribution in [3.8, 4) is 0 Å². The number of aromatic nitrogens is 2. The molecule has 3 nitrogen and oxygen atoms in total. The van der Waals surface area contributed by atoms with Gasteiger partial charge in [0.25, 0.3) is 0 Å². The van der Waals surface area contributed by atoms with Crippen molar-refractivity contribution in [3.63, 3.8) is 0 Å². The van der Waals surface area contributed by atoms with E-state index in [0.29, 0.717) is 6.04 Å². The summed E-state index contributed by atoms with van der Waals surface area (Å²) >= 11 is 3.64. The van der Waals surface area contributed by atoms with Gasteiger partial charge in [-0.2, -0.15) is 0 Å². The molecule has 2 aromatic rings. The van der Waals surface area contributed by atoms with E-state index < -0.39 is 0 Å². The largest absolute Gasteiger partial charge is 0.349 e. The fraction of sp³-hybridized carbons (Fsp3) is 0.400. The fourth-order valence-electron chi connectivity index (χ4n) is 2.79. The molecule has 0 saturated carbocycles. The number of H-pyrrole nitrogens is 1. The van der Waals surface area contributed by atoms with E-state index in [2.05, 4.69) is 49.4 Å². The van der Waals surface area contributed by atoms with Gasteiger partial charge in [-0.1, -0.05) is 28.1 Å². The summed E-state index contributed by atoms with van der Waals surface area (Å²) in [7, 11) is 0. The molecule has 0 radical (unpaired) electrons. The van der Waals surface area contributed by atoms with Crippen LogP contribution in [0.4, 0.5) is 0 Å². The number of benzene rings is 1. The maximum absolute atomic E-state index is 4.24. The summed E-state index contributed by atoms with van der Waals surface area (Å²) < 4.78 is 1.25. The Balaban J connectivity index is 1.51. The molecule has 2 N–H and O–H groups in total. The van der Waals surface area contributed by atoms with Gasteiger partial charge in [0.15, 0.2) is 0 Å². The van der Waals surface area contributed by atoms with Gasteiger partial charge in [-0.3, -0.25) is 0 Å². The number of nitrogens with zero attached hydrogens (tertiary/aromatic N) is 1. The van der Waals surface area contributed by atoms with Crippen molar-refractivity contribution < 1.29 is 0 Å². The Morgan fingerprint density at radius 2 is 2.37 bits per heavy atom. The van der Waals surface area contributed by atoms with E-state index in [0.717, 1.165) is 25.2 Å². The van der Waals surface area contributed by atoms with Gasteiger partial charge < -0.3 is 10.3 Å². The lowest BCUT2D eigenvalue weighted by atomic mass is 10.1. The molecule has 1 aliphatic rings. The van der Waals surface area contributed by atoms with Crippen molar-refractivity contribution in [2.75, 3.05) is 6.54 Å². The molecular weight excluding hydrogens is 302 g/mol. The molecule has 0 bridgehead atoms. The molecule has 0 aliphatic heterocycles. The Morgan fingerprint density at radius 3 is 3.21 bits per heavy atom. The predicted octanol–water partition coefficient (Wildman–Crippen LogP) is 3.38. The van der Waals surface area contributed by atoms with Crippen molar-refractivity contribution in [1.82, 2.24) is 15.3 Å². The summed E-state index contributed by atoms with van der Waals surface area (Å²) in [6.45, 7) is 1.04. The number of aryl methyl sites for hydroxylation is 1. The van der Waals surface area contributed by atoms with Crippen LogP contribution >= 0.6 is 15.9 Å². The van der Waals surface area contributed by atoms with Crippen LogP contribution in [0.15, 0.2) is 35.1 Å². The number of nitrogens with one attached hydrogen (secondary N) is 2. The summed E-state index contributed by atoms with van der Waals surface area (Å²) in [5, 5.41) is 3.66. The highest BCUT2D eigenvalue weighted by Gasteiger charge is 2.22. The molecule has 4 heteroatoms. The summed E-state index contributed by atoms with van der Waals surface area (Å²) in [6.07, 6.45) is 8.21. The van der Waals surface area contributed by atoms with E-state index in [-0.39, 0.29) is 0 Å². The van der Waals surface area contributed by atoms with Gasteiger partial charge in [0.05, 0.1) is 0 Å². The third kappa shape index (κ3) is 2.90. The second-order valence-corrected chi connectivity index (χ2v) is 5.85. The Hall–Kier alpha value is -1.13. The zero-order valence-corrected chi connectivity index (χ0v) is 12.4. The van der Waals surface area contributed by atoms with Crippen molar-refractivity contribution in [3.05, 3.63) is 52.0 Å². The monoisotopic (exact) mass is 319 g/mol. The number of aromatic amines is 1. The standard InChI is InChI=1S/C15H18BrN3/c16-13-4-1-3-12-11(13)6-7-14(12)17-8-2-5-15-18-9-10-19-15/h1,3-4,9-10,14,17H,2,5-8H2,(H,18,19). The highest BCUT2D eigenvalue weighted by molar-refractivity contribution is 9.10. The van der Waals surface area contributed by atoms with Crippen LogP contribution in [0.25, 0.3) is 0 Å². The summed E-state index contributed by atoms with van der Waals surface area (Å²) in [5.74, 6) is 1.08. The molecule has 0 saturated heterocycles. The number of hydrogen-bond donors (Lipinski definition) is 2. The first-order valence-corrected chi connectivity index (χ1v) is 7.63. The van der Waals surface area contributed by atoms with Crippen LogP contribution in [0.1, 0.15) is 35.8 Å². The summed E-state index contributed by atoms with van der Waals surface area (Å²) in [4.78, 5) is 7.39. The Bertz CT molecular complexity index is 536. The van der Waals surface area contributed by atoms with Crippen LogP contribution in [0.3, 0.4) is 0 Å². The number of rotatable bonds is 5. The van der Waals surface area contributed by atoms with Crippen molar-refractivity contribution in [2.24, 2.45) is 0 Å². The maximum Gasteiger partial charge on any atom is 0.106 e. The molecular formula is C15H18BrN3. The van der Waals surface area contributed by atoms with Gasteiger partial charge in [0.1, 0.15) is 5.82 Å². The van der Waals surface area contributed by atoms with Crippen molar-refractivity contribution >= 4 is 15.9 Å². The Labute approximate surface area is 122 Å². The lowest BCUT2D eigenvalue weighted by molar-refractivity contribution is 0.518. The molecule has 0 amide bonds. The SMILES string of the molecule is Brc1cccc2c1CCC2NCCCc1ncc[nH]1. The van der Waals surface area contributed by atoms with Gasteiger partial charge in [-0.25, -0.2) is 4.98 Å². The highest BCUT2D eigenvalue weighted by atomic mass is 79.9. The molecule has 1 aromatic carbocycles. The van der Waals surface area contributed by atoms with Crippen LogP contribution in [0.2, 0.25) is 0 Å². The van der Waals surface area contributed by atoms with Crippen LogP contribution in [-0.4, -0.2) is 16.5 Å². The van der Waals surface area contributed by atoms with Crippen LogP contribution in [0.5, 0.6) is 0 Å². The quantitative estimate of drug-likeness (QED) is 0.829. The lowest BCUT2D eigenvalue weighted by Crippen LogP contribution is -2.20. The number of halogens is 1. The number of imidazole rings is 1. The third-order valence-corrected chi connectivity index (χ3v) is 4.49. The van der Waals surface area contributed by atoms with E-state index >= 15 is 0 Å². The molecule has 1 atom stereocenters. The van der Waals surface area contributed by atoms with Crippen LogP contribution in [-0.2, 0) is 12.8 Å². The lowest BCUT2D eigenvalue weighted by Gasteiger charge is -2.14. The van der Waals surface area contributed by atoms with E-state index in [1.54, 1.807) is 0 Å².